The van der Waals surface area contributed by atoms with Crippen LogP contribution in [0.1, 0.15) is 17.2 Å². The molecule has 0 radical (unpaired) electrons. The van der Waals surface area contributed by atoms with Gasteiger partial charge < -0.3 is 5.73 Å². The second-order valence-corrected chi connectivity index (χ2v) is 5.33. The van der Waals surface area contributed by atoms with Gasteiger partial charge in [0.1, 0.15) is 0 Å². The summed E-state index contributed by atoms with van der Waals surface area (Å²) in [5, 5.41) is 0.125. The number of nitrogens with two attached hydrogens (primary N) is 1. The molecule has 0 heterocycles. The first-order chi connectivity index (χ1) is 9.02. The van der Waals surface area contributed by atoms with Crippen molar-refractivity contribution in [2.45, 2.75) is 10.9 Å². The zero-order valence-corrected chi connectivity index (χ0v) is 11.7. The molecule has 2 rings (SSSR count). The normalized spacial score (nSPS) is 12.5. The Bertz CT molecular complexity index is 587. The molecule has 2 aromatic carbocycles. The molecule has 1 nitrogen and oxygen atoms in total. The van der Waals surface area contributed by atoms with E-state index in [-0.39, 0.29) is 5.02 Å². The Morgan fingerprint density at radius 3 is 2.26 bits per heavy atom. The molecule has 0 saturated heterocycles. The number of rotatable bonds is 3. The van der Waals surface area contributed by atoms with E-state index in [1.165, 1.54) is 0 Å². The highest BCUT2D eigenvalue weighted by Gasteiger charge is 2.16. The molecule has 0 aromatic heterocycles. The summed E-state index contributed by atoms with van der Waals surface area (Å²) in [6.07, 6.45) is 1.97. The highest BCUT2D eigenvalue weighted by atomic mass is 35.5. The predicted molar refractivity (Wildman–Crippen MR) is 75.6 cm³/mol. The van der Waals surface area contributed by atoms with E-state index in [0.717, 1.165) is 22.6 Å². The van der Waals surface area contributed by atoms with Crippen LogP contribution in [0.15, 0.2) is 41.3 Å². The molecule has 0 fully saturated rings. The zero-order valence-electron chi connectivity index (χ0n) is 10.2. The van der Waals surface area contributed by atoms with Crippen LogP contribution < -0.4 is 5.73 Å². The van der Waals surface area contributed by atoms with Gasteiger partial charge in [-0.1, -0.05) is 23.7 Å². The van der Waals surface area contributed by atoms with E-state index in [4.69, 9.17) is 17.3 Å². The Balaban J connectivity index is 2.37. The fourth-order valence-corrected chi connectivity index (χ4v) is 2.44. The van der Waals surface area contributed by atoms with Crippen molar-refractivity contribution < 1.29 is 8.78 Å². The van der Waals surface area contributed by atoms with Crippen molar-refractivity contribution in [2.24, 2.45) is 5.73 Å². The highest BCUT2D eigenvalue weighted by Crippen LogP contribution is 2.29. The number of halogens is 3. The maximum absolute atomic E-state index is 13.3. The minimum absolute atomic E-state index is 0.125. The van der Waals surface area contributed by atoms with Gasteiger partial charge in [0.15, 0.2) is 11.6 Å². The molecule has 0 bridgehead atoms. The number of benzene rings is 2. The molecule has 0 saturated carbocycles. The van der Waals surface area contributed by atoms with Crippen molar-refractivity contribution in [3.63, 3.8) is 0 Å². The Morgan fingerprint density at radius 2 is 1.68 bits per heavy atom. The van der Waals surface area contributed by atoms with Gasteiger partial charge in [-0.15, -0.1) is 11.8 Å². The van der Waals surface area contributed by atoms with Crippen LogP contribution >= 0.6 is 23.4 Å². The third kappa shape index (κ3) is 3.08. The average Bonchev–Trinajstić information content (AvgIpc) is 2.42. The number of thioether (sulfide) groups is 1. The third-order valence-corrected chi connectivity index (χ3v) is 3.92. The average molecular weight is 300 g/mol. The highest BCUT2D eigenvalue weighted by molar-refractivity contribution is 7.98. The summed E-state index contributed by atoms with van der Waals surface area (Å²) in [4.78, 5) is 1.10. The molecule has 2 aromatic rings. The summed E-state index contributed by atoms with van der Waals surface area (Å²) >= 11 is 7.53. The lowest BCUT2D eigenvalue weighted by atomic mass is 9.99. The largest absolute Gasteiger partial charge is 0.320 e. The van der Waals surface area contributed by atoms with Gasteiger partial charge in [0.05, 0.1) is 6.04 Å². The summed E-state index contributed by atoms with van der Waals surface area (Å²) < 4.78 is 26.3. The topological polar surface area (TPSA) is 26.0 Å². The second kappa shape index (κ2) is 5.90. The van der Waals surface area contributed by atoms with Crippen molar-refractivity contribution in [3.05, 3.63) is 64.2 Å². The van der Waals surface area contributed by atoms with E-state index in [9.17, 15) is 8.78 Å². The van der Waals surface area contributed by atoms with E-state index in [0.29, 0.717) is 5.56 Å². The van der Waals surface area contributed by atoms with Gasteiger partial charge in [-0.3, -0.25) is 0 Å². The van der Waals surface area contributed by atoms with E-state index in [1.807, 2.05) is 30.5 Å². The van der Waals surface area contributed by atoms with Gasteiger partial charge in [-0.2, -0.15) is 0 Å². The van der Waals surface area contributed by atoms with Crippen LogP contribution in [-0.2, 0) is 0 Å². The molecule has 0 aliphatic heterocycles. The van der Waals surface area contributed by atoms with Crippen LogP contribution in [-0.4, -0.2) is 6.26 Å². The van der Waals surface area contributed by atoms with Crippen molar-refractivity contribution in [1.29, 1.82) is 0 Å². The van der Waals surface area contributed by atoms with Crippen LogP contribution in [0.5, 0.6) is 0 Å². The molecule has 0 spiro atoms. The van der Waals surface area contributed by atoms with Gasteiger partial charge in [-0.25, -0.2) is 8.78 Å². The first-order valence-corrected chi connectivity index (χ1v) is 7.17. The van der Waals surface area contributed by atoms with E-state index in [2.05, 4.69) is 0 Å². The third-order valence-electron chi connectivity index (χ3n) is 2.85. The van der Waals surface area contributed by atoms with Gasteiger partial charge >= 0.3 is 0 Å². The van der Waals surface area contributed by atoms with Crippen LogP contribution in [0.3, 0.4) is 0 Å². The van der Waals surface area contributed by atoms with E-state index in [1.54, 1.807) is 11.8 Å². The Hall–Kier alpha value is -1.10. The SMILES string of the molecule is CSc1ccc(C(N)c2cc(F)c(F)cc2Cl)cc1. The second-order valence-electron chi connectivity index (χ2n) is 4.04. The summed E-state index contributed by atoms with van der Waals surface area (Å²) in [6.45, 7) is 0. The van der Waals surface area contributed by atoms with Gasteiger partial charge in [0, 0.05) is 9.92 Å². The summed E-state index contributed by atoms with van der Waals surface area (Å²) in [6, 6.07) is 8.97. The Kier molecular flexibility index (Phi) is 4.45. The van der Waals surface area contributed by atoms with Crippen LogP contribution in [0, 0.1) is 11.6 Å². The Labute approximate surface area is 119 Å². The van der Waals surface area contributed by atoms with Gasteiger partial charge in [0.2, 0.25) is 0 Å². The molecular weight excluding hydrogens is 288 g/mol. The lowest BCUT2D eigenvalue weighted by molar-refractivity contribution is 0.506. The van der Waals surface area contributed by atoms with Crippen LogP contribution in [0.4, 0.5) is 8.78 Å². The molecule has 19 heavy (non-hydrogen) atoms. The smallest absolute Gasteiger partial charge is 0.160 e. The van der Waals surface area contributed by atoms with E-state index < -0.39 is 17.7 Å². The number of hydrogen-bond acceptors (Lipinski definition) is 2. The first kappa shape index (κ1) is 14.3. The lowest BCUT2D eigenvalue weighted by Crippen LogP contribution is -2.13. The predicted octanol–water partition coefficient (Wildman–Crippen LogP) is 4.39. The molecule has 1 atom stereocenters. The molecular formula is C14H12ClF2NS. The molecule has 2 N–H and O–H groups in total. The first-order valence-electron chi connectivity index (χ1n) is 5.57. The maximum atomic E-state index is 13.3. The van der Waals surface area contributed by atoms with Crippen molar-refractivity contribution in [2.75, 3.05) is 6.26 Å². The molecule has 1 unspecified atom stereocenters. The molecule has 0 aliphatic carbocycles. The fraction of sp³-hybridized carbons (Fsp3) is 0.143. The Morgan fingerprint density at radius 1 is 1.11 bits per heavy atom. The van der Waals surface area contributed by atoms with E-state index >= 15 is 0 Å². The van der Waals surface area contributed by atoms with Crippen molar-refractivity contribution in [1.82, 2.24) is 0 Å². The van der Waals surface area contributed by atoms with Gasteiger partial charge in [-0.05, 0) is 41.6 Å². The molecule has 0 aliphatic rings. The summed E-state index contributed by atoms with van der Waals surface area (Å²) in [7, 11) is 0. The molecule has 5 heteroatoms. The maximum Gasteiger partial charge on any atom is 0.160 e. The molecule has 100 valence electrons. The van der Waals surface area contributed by atoms with Crippen LogP contribution in [0.25, 0.3) is 0 Å². The van der Waals surface area contributed by atoms with Crippen molar-refractivity contribution >= 4 is 23.4 Å². The minimum Gasteiger partial charge on any atom is -0.320 e. The monoisotopic (exact) mass is 299 g/mol. The number of hydrogen-bond donors (Lipinski definition) is 1. The standard InChI is InChI=1S/C14H12ClF2NS/c1-19-9-4-2-8(3-5-9)14(18)10-6-12(16)13(17)7-11(10)15/h2-7,14H,18H2,1H3. The lowest BCUT2D eigenvalue weighted by Gasteiger charge is -2.15. The fourth-order valence-electron chi connectivity index (χ4n) is 1.77. The quantitative estimate of drug-likeness (QED) is 0.672. The molecule has 0 amide bonds. The minimum atomic E-state index is -0.973. The summed E-state index contributed by atoms with van der Waals surface area (Å²) in [5.41, 5.74) is 7.22. The summed E-state index contributed by atoms with van der Waals surface area (Å²) in [5.74, 6) is -1.92. The van der Waals surface area contributed by atoms with Crippen molar-refractivity contribution in [3.8, 4) is 0 Å². The van der Waals surface area contributed by atoms with Crippen LogP contribution in [0.2, 0.25) is 5.02 Å². The zero-order chi connectivity index (χ0) is 14.0. The van der Waals surface area contributed by atoms with Gasteiger partial charge in [0.25, 0.3) is 0 Å².